The van der Waals surface area contributed by atoms with Crippen LogP contribution in [0.25, 0.3) is 118 Å². The van der Waals surface area contributed by atoms with Gasteiger partial charge in [0, 0.05) is 55.4 Å². The average Bonchev–Trinajstić information content (AvgIpc) is 3.95. The molecule has 0 N–H and O–H groups in total. The molecule has 12 rings (SSSR count). The lowest BCUT2D eigenvalue weighted by atomic mass is 9.98. The Morgan fingerprint density at radius 1 is 0.328 bits per heavy atom. The van der Waals surface area contributed by atoms with Crippen LogP contribution >= 0.6 is 0 Å². The lowest BCUT2D eigenvalue weighted by molar-refractivity contribution is 0.669. The third-order valence-electron chi connectivity index (χ3n) is 11.3. The van der Waals surface area contributed by atoms with Crippen LogP contribution in [-0.2, 0) is 0 Å². The third kappa shape index (κ3) is 6.56. The molecule has 0 radical (unpaired) electrons. The van der Waals surface area contributed by atoms with Crippen LogP contribution in [0.2, 0.25) is 0 Å². The van der Waals surface area contributed by atoms with Crippen LogP contribution in [0.3, 0.4) is 0 Å². The van der Waals surface area contributed by atoms with Gasteiger partial charge in [-0.2, -0.15) is 0 Å². The van der Waals surface area contributed by atoms with Gasteiger partial charge in [-0.1, -0.05) is 170 Å². The van der Waals surface area contributed by atoms with E-state index in [1.807, 2.05) is 182 Å². The van der Waals surface area contributed by atoms with Crippen LogP contribution in [0.15, 0.2) is 211 Å². The monoisotopic (exact) mass is 822 g/mol. The SMILES string of the molecule is c1ccc(-c2nc(-c3ccccc3)nc(-c3cccc(-c4nc(-c5ccccc5)nc(-c5ccccc5)n4)c3-c3nc4ccccc4n3-c3ccc4oc5ccccc5c4c3)n2)cc1. The highest BCUT2D eigenvalue weighted by molar-refractivity contribution is 6.06. The summed E-state index contributed by atoms with van der Waals surface area (Å²) in [5.41, 5.74) is 9.92. The highest BCUT2D eigenvalue weighted by Crippen LogP contribution is 2.42. The predicted octanol–water partition coefficient (Wildman–Crippen LogP) is 13.0. The molecule has 0 aliphatic carbocycles. The second kappa shape index (κ2) is 15.5. The van der Waals surface area contributed by atoms with Gasteiger partial charge in [-0.05, 0) is 36.4 Å². The fourth-order valence-electron chi connectivity index (χ4n) is 8.33. The number of imidazole rings is 1. The van der Waals surface area contributed by atoms with Crippen LogP contribution in [0, 0.1) is 0 Å². The molecule has 0 aliphatic heterocycles. The minimum atomic E-state index is 0.472. The van der Waals surface area contributed by atoms with Crippen molar-refractivity contribution in [3.05, 3.63) is 206 Å². The van der Waals surface area contributed by atoms with E-state index in [-0.39, 0.29) is 0 Å². The molecule has 8 aromatic carbocycles. The summed E-state index contributed by atoms with van der Waals surface area (Å²) in [6.07, 6.45) is 0. The van der Waals surface area contributed by atoms with E-state index >= 15 is 0 Å². The molecule has 300 valence electrons. The zero-order chi connectivity index (χ0) is 42.4. The summed E-state index contributed by atoms with van der Waals surface area (Å²) in [4.78, 5) is 36.6. The summed E-state index contributed by atoms with van der Waals surface area (Å²) < 4.78 is 8.50. The summed E-state index contributed by atoms with van der Waals surface area (Å²) in [5, 5.41) is 2.03. The average molecular weight is 823 g/mol. The summed E-state index contributed by atoms with van der Waals surface area (Å²) >= 11 is 0. The Hall–Kier alpha value is -8.95. The Labute approximate surface area is 367 Å². The number of fused-ring (bicyclic) bond motifs is 4. The van der Waals surface area contributed by atoms with E-state index in [2.05, 4.69) is 28.8 Å². The van der Waals surface area contributed by atoms with Crippen LogP contribution < -0.4 is 0 Å². The second-order valence-corrected chi connectivity index (χ2v) is 15.3. The molecule has 64 heavy (non-hydrogen) atoms. The van der Waals surface area contributed by atoms with Crippen molar-refractivity contribution in [2.24, 2.45) is 0 Å². The molecule has 0 atom stereocenters. The van der Waals surface area contributed by atoms with Gasteiger partial charge in [0.25, 0.3) is 0 Å². The smallest absolute Gasteiger partial charge is 0.164 e. The van der Waals surface area contributed by atoms with Gasteiger partial charge in [0.05, 0.1) is 11.0 Å². The molecule has 9 heteroatoms. The van der Waals surface area contributed by atoms with Gasteiger partial charge in [0.15, 0.2) is 34.9 Å². The van der Waals surface area contributed by atoms with Gasteiger partial charge in [-0.25, -0.2) is 34.9 Å². The molecule has 0 spiro atoms. The summed E-state index contributed by atoms with van der Waals surface area (Å²) in [5.74, 6) is 3.79. The minimum absolute atomic E-state index is 0.472. The molecule has 0 aliphatic rings. The molecule has 4 aromatic heterocycles. The molecule has 0 bridgehead atoms. The summed E-state index contributed by atoms with van der Waals surface area (Å²) in [6.45, 7) is 0. The topological polar surface area (TPSA) is 108 Å². The highest BCUT2D eigenvalue weighted by Gasteiger charge is 2.26. The fraction of sp³-hybridized carbons (Fsp3) is 0. The highest BCUT2D eigenvalue weighted by atomic mass is 16.3. The van der Waals surface area contributed by atoms with Crippen molar-refractivity contribution in [2.45, 2.75) is 0 Å². The number of aromatic nitrogens is 8. The molecular weight excluding hydrogens is 789 g/mol. The number of para-hydroxylation sites is 3. The van der Waals surface area contributed by atoms with E-state index in [9.17, 15) is 0 Å². The van der Waals surface area contributed by atoms with Crippen LogP contribution in [0.1, 0.15) is 0 Å². The molecule has 0 amide bonds. The van der Waals surface area contributed by atoms with Crippen molar-refractivity contribution in [2.75, 3.05) is 0 Å². The third-order valence-corrected chi connectivity index (χ3v) is 11.3. The van der Waals surface area contributed by atoms with Gasteiger partial charge in [-0.3, -0.25) is 4.57 Å². The maximum Gasteiger partial charge on any atom is 0.164 e. The summed E-state index contributed by atoms with van der Waals surface area (Å²) in [6, 6.07) is 68.7. The number of furan rings is 1. The van der Waals surface area contributed by atoms with E-state index in [4.69, 9.17) is 39.3 Å². The van der Waals surface area contributed by atoms with E-state index in [0.29, 0.717) is 40.8 Å². The summed E-state index contributed by atoms with van der Waals surface area (Å²) in [7, 11) is 0. The minimum Gasteiger partial charge on any atom is -0.456 e. The van der Waals surface area contributed by atoms with Crippen molar-refractivity contribution in [1.82, 2.24) is 39.5 Å². The standard InChI is InChI=1S/C55H34N8O/c1-5-18-35(19-6-1)49-57-50(36-20-7-2-8-21-36)60-53(59-49)41-27-17-28-42(54-61-51(37-22-9-3-10-23-37)58-52(62-54)38-24-11-4-12-25-38)48(41)55-56-44-29-14-15-30-45(44)63(55)39-32-33-47-43(34-39)40-26-13-16-31-46(40)64-47/h1-34H. The Bertz CT molecular complexity index is 3400. The van der Waals surface area contributed by atoms with Crippen LogP contribution in [0.5, 0.6) is 0 Å². The first-order chi connectivity index (χ1) is 31.7. The first-order valence-electron chi connectivity index (χ1n) is 21.0. The number of hydrogen-bond donors (Lipinski definition) is 0. The van der Waals surface area contributed by atoms with Crippen LogP contribution in [0.4, 0.5) is 0 Å². The molecule has 0 saturated carbocycles. The van der Waals surface area contributed by atoms with Gasteiger partial charge in [0.1, 0.15) is 17.0 Å². The fourth-order valence-corrected chi connectivity index (χ4v) is 8.33. The first-order valence-corrected chi connectivity index (χ1v) is 21.0. The predicted molar refractivity (Wildman–Crippen MR) is 253 cm³/mol. The lowest BCUT2D eigenvalue weighted by Gasteiger charge is -2.17. The number of benzene rings is 8. The van der Waals surface area contributed by atoms with Crippen molar-refractivity contribution >= 4 is 33.0 Å². The molecule has 0 saturated heterocycles. The van der Waals surface area contributed by atoms with E-state index < -0.39 is 0 Å². The molecule has 0 unspecified atom stereocenters. The number of rotatable bonds is 8. The maximum atomic E-state index is 6.30. The Balaban J connectivity index is 1.19. The van der Waals surface area contributed by atoms with Gasteiger partial charge in [0.2, 0.25) is 0 Å². The zero-order valence-electron chi connectivity index (χ0n) is 34.1. The largest absolute Gasteiger partial charge is 0.456 e. The molecule has 12 aromatic rings. The van der Waals surface area contributed by atoms with E-state index in [0.717, 1.165) is 77.6 Å². The van der Waals surface area contributed by atoms with Gasteiger partial charge in [-0.15, -0.1) is 0 Å². The second-order valence-electron chi connectivity index (χ2n) is 15.3. The Kier molecular flexibility index (Phi) is 8.93. The lowest BCUT2D eigenvalue weighted by Crippen LogP contribution is -2.06. The Morgan fingerprint density at radius 2 is 0.766 bits per heavy atom. The first kappa shape index (κ1) is 36.9. The van der Waals surface area contributed by atoms with E-state index in [1.165, 1.54) is 0 Å². The normalized spacial score (nSPS) is 11.4. The van der Waals surface area contributed by atoms with Gasteiger partial charge >= 0.3 is 0 Å². The Morgan fingerprint density at radius 3 is 1.30 bits per heavy atom. The number of nitrogens with zero attached hydrogens (tertiary/aromatic N) is 8. The molecule has 0 fully saturated rings. The van der Waals surface area contributed by atoms with Gasteiger partial charge < -0.3 is 4.42 Å². The van der Waals surface area contributed by atoms with Crippen LogP contribution in [-0.4, -0.2) is 39.5 Å². The van der Waals surface area contributed by atoms with Crippen molar-refractivity contribution in [3.8, 4) is 85.4 Å². The van der Waals surface area contributed by atoms with E-state index in [1.54, 1.807) is 0 Å². The quantitative estimate of drug-likeness (QED) is 0.149. The molecular formula is C55H34N8O. The van der Waals surface area contributed by atoms with Crippen molar-refractivity contribution < 1.29 is 4.42 Å². The molecule has 4 heterocycles. The molecule has 9 nitrogen and oxygen atoms in total. The van der Waals surface area contributed by atoms with Crippen molar-refractivity contribution in [3.63, 3.8) is 0 Å². The zero-order valence-corrected chi connectivity index (χ0v) is 34.1. The van der Waals surface area contributed by atoms with Crippen molar-refractivity contribution in [1.29, 1.82) is 0 Å². The number of hydrogen-bond acceptors (Lipinski definition) is 8. The maximum absolute atomic E-state index is 6.30.